The molecule has 2 aromatic carbocycles. The van der Waals surface area contributed by atoms with Crippen molar-refractivity contribution in [2.45, 2.75) is 45.2 Å². The fourth-order valence-electron chi connectivity index (χ4n) is 3.88. The summed E-state index contributed by atoms with van der Waals surface area (Å²) in [7, 11) is 3.32. The molecule has 156 valence electrons. The van der Waals surface area contributed by atoms with E-state index in [0.717, 1.165) is 25.1 Å². The molecule has 0 spiro atoms. The Morgan fingerprint density at radius 3 is 2.41 bits per heavy atom. The molecule has 1 atom stereocenters. The molecule has 0 saturated heterocycles. The van der Waals surface area contributed by atoms with Crippen LogP contribution in [0.3, 0.4) is 0 Å². The van der Waals surface area contributed by atoms with Gasteiger partial charge in [0.25, 0.3) is 0 Å². The Balaban J connectivity index is 1.97. The van der Waals surface area contributed by atoms with Crippen molar-refractivity contribution in [2.24, 2.45) is 0 Å². The Kier molecular flexibility index (Phi) is 6.48. The van der Waals surface area contributed by atoms with Crippen LogP contribution in [0.5, 0.6) is 11.5 Å². The number of carbonyl (C=O) groups is 1. The van der Waals surface area contributed by atoms with Gasteiger partial charge in [0.15, 0.2) is 11.5 Å². The first kappa shape index (κ1) is 21.2. The van der Waals surface area contributed by atoms with Gasteiger partial charge in [-0.25, -0.2) is 0 Å². The predicted octanol–water partition coefficient (Wildman–Crippen LogP) is 3.96. The van der Waals surface area contributed by atoms with Crippen LogP contribution in [0, 0.1) is 0 Å². The first-order valence-corrected chi connectivity index (χ1v) is 10.2. The zero-order chi connectivity index (χ0) is 21.0. The SMILES string of the molecule is CCC(C)(C)NC(=O)CN1CCc2cc(OC)c(OC)cc2[C@H]1c1ccccc1. The Hall–Kier alpha value is -2.53. The normalized spacial score (nSPS) is 16.8. The number of hydrogen-bond donors (Lipinski definition) is 1. The Morgan fingerprint density at radius 1 is 1.14 bits per heavy atom. The Morgan fingerprint density at radius 2 is 1.79 bits per heavy atom. The molecule has 1 aliphatic heterocycles. The second-order valence-electron chi connectivity index (χ2n) is 8.23. The van der Waals surface area contributed by atoms with Crippen molar-refractivity contribution in [3.05, 3.63) is 59.2 Å². The van der Waals surface area contributed by atoms with E-state index < -0.39 is 0 Å². The summed E-state index contributed by atoms with van der Waals surface area (Å²) >= 11 is 0. The molecule has 0 saturated carbocycles. The molecule has 0 aliphatic carbocycles. The molecule has 1 N–H and O–H groups in total. The van der Waals surface area contributed by atoms with E-state index in [1.165, 1.54) is 16.7 Å². The van der Waals surface area contributed by atoms with Crippen LogP contribution < -0.4 is 14.8 Å². The van der Waals surface area contributed by atoms with Gasteiger partial charge < -0.3 is 14.8 Å². The van der Waals surface area contributed by atoms with Crippen LogP contribution in [-0.2, 0) is 11.2 Å². The first-order chi connectivity index (χ1) is 13.9. The molecule has 0 aromatic heterocycles. The highest BCUT2D eigenvalue weighted by atomic mass is 16.5. The van der Waals surface area contributed by atoms with Crippen LogP contribution >= 0.6 is 0 Å². The third-order valence-corrected chi connectivity index (χ3v) is 5.80. The summed E-state index contributed by atoms with van der Waals surface area (Å²) < 4.78 is 11.1. The van der Waals surface area contributed by atoms with E-state index in [2.05, 4.69) is 55.3 Å². The molecule has 5 nitrogen and oxygen atoms in total. The zero-order valence-corrected chi connectivity index (χ0v) is 18.1. The lowest BCUT2D eigenvalue weighted by Gasteiger charge is -2.38. The summed E-state index contributed by atoms with van der Waals surface area (Å²) in [4.78, 5) is 15.1. The van der Waals surface area contributed by atoms with E-state index in [9.17, 15) is 4.79 Å². The molecule has 2 aromatic rings. The lowest BCUT2D eigenvalue weighted by atomic mass is 9.87. The fraction of sp³-hybridized carbons (Fsp3) is 0.458. The Bertz CT molecular complexity index is 849. The molecule has 1 heterocycles. The van der Waals surface area contributed by atoms with Gasteiger partial charge in [0, 0.05) is 12.1 Å². The average molecular weight is 397 g/mol. The van der Waals surface area contributed by atoms with Crippen molar-refractivity contribution < 1.29 is 14.3 Å². The maximum Gasteiger partial charge on any atom is 0.234 e. The minimum absolute atomic E-state index is 0.00440. The van der Waals surface area contributed by atoms with Crippen molar-refractivity contribution in [1.82, 2.24) is 10.2 Å². The molecular formula is C24H32N2O3. The van der Waals surface area contributed by atoms with E-state index >= 15 is 0 Å². The number of fused-ring (bicyclic) bond motifs is 1. The number of hydrogen-bond acceptors (Lipinski definition) is 4. The third kappa shape index (κ3) is 4.73. The molecule has 0 unspecified atom stereocenters. The summed E-state index contributed by atoms with van der Waals surface area (Å²) in [6.07, 6.45) is 1.75. The standard InChI is InChI=1S/C24H32N2O3/c1-6-24(2,3)25-22(27)16-26-13-12-18-14-20(28-4)21(29-5)15-19(18)23(26)17-10-8-7-9-11-17/h7-11,14-15,23H,6,12-13,16H2,1-5H3,(H,25,27)/t23-/m1/s1. The molecule has 0 bridgehead atoms. The van der Waals surface area contributed by atoms with Crippen LogP contribution in [0.4, 0.5) is 0 Å². The van der Waals surface area contributed by atoms with Crippen LogP contribution in [0.1, 0.15) is 49.9 Å². The molecule has 29 heavy (non-hydrogen) atoms. The van der Waals surface area contributed by atoms with Crippen molar-refractivity contribution in [3.8, 4) is 11.5 Å². The smallest absolute Gasteiger partial charge is 0.234 e. The molecule has 1 aliphatic rings. The maximum absolute atomic E-state index is 12.8. The molecule has 3 rings (SSSR count). The second-order valence-corrected chi connectivity index (χ2v) is 8.23. The van der Waals surface area contributed by atoms with Gasteiger partial charge in [-0.3, -0.25) is 9.69 Å². The van der Waals surface area contributed by atoms with Gasteiger partial charge in [-0.15, -0.1) is 0 Å². The largest absolute Gasteiger partial charge is 0.493 e. The number of rotatable bonds is 7. The molecular weight excluding hydrogens is 364 g/mol. The number of nitrogens with zero attached hydrogens (tertiary/aromatic N) is 1. The van der Waals surface area contributed by atoms with Gasteiger partial charge in [-0.2, -0.15) is 0 Å². The molecule has 5 heteroatoms. The number of amides is 1. The Labute approximate surface area is 174 Å². The highest BCUT2D eigenvalue weighted by Crippen LogP contribution is 2.40. The summed E-state index contributed by atoms with van der Waals surface area (Å²) in [6, 6.07) is 14.5. The fourth-order valence-corrected chi connectivity index (χ4v) is 3.88. The topological polar surface area (TPSA) is 50.8 Å². The second kappa shape index (κ2) is 8.87. The summed E-state index contributed by atoms with van der Waals surface area (Å²) in [6.45, 7) is 7.37. The van der Waals surface area contributed by atoms with Gasteiger partial charge in [0.2, 0.25) is 5.91 Å². The van der Waals surface area contributed by atoms with E-state index in [0.29, 0.717) is 12.3 Å². The van der Waals surface area contributed by atoms with E-state index in [1.54, 1.807) is 14.2 Å². The predicted molar refractivity (Wildman–Crippen MR) is 116 cm³/mol. The lowest BCUT2D eigenvalue weighted by molar-refractivity contribution is -0.124. The number of benzene rings is 2. The van der Waals surface area contributed by atoms with Crippen molar-refractivity contribution in [2.75, 3.05) is 27.3 Å². The summed E-state index contributed by atoms with van der Waals surface area (Å²) in [5, 5.41) is 3.16. The minimum atomic E-state index is -0.205. The van der Waals surface area contributed by atoms with Crippen molar-refractivity contribution in [1.29, 1.82) is 0 Å². The van der Waals surface area contributed by atoms with Crippen molar-refractivity contribution in [3.63, 3.8) is 0 Å². The van der Waals surface area contributed by atoms with Crippen LogP contribution in [0.2, 0.25) is 0 Å². The van der Waals surface area contributed by atoms with Crippen molar-refractivity contribution >= 4 is 5.91 Å². The summed E-state index contributed by atoms with van der Waals surface area (Å²) in [5.41, 5.74) is 3.37. The van der Waals surface area contributed by atoms with Gasteiger partial charge >= 0.3 is 0 Å². The van der Waals surface area contributed by atoms with Gasteiger partial charge in [0.05, 0.1) is 26.8 Å². The quantitative estimate of drug-likeness (QED) is 0.770. The van der Waals surface area contributed by atoms with Crippen LogP contribution in [0.15, 0.2) is 42.5 Å². The monoisotopic (exact) mass is 396 g/mol. The van der Waals surface area contributed by atoms with E-state index in [-0.39, 0.29) is 17.5 Å². The minimum Gasteiger partial charge on any atom is -0.493 e. The maximum atomic E-state index is 12.8. The first-order valence-electron chi connectivity index (χ1n) is 10.2. The van der Waals surface area contributed by atoms with Gasteiger partial charge in [0.1, 0.15) is 0 Å². The number of methoxy groups -OCH3 is 2. The highest BCUT2D eigenvalue weighted by Gasteiger charge is 2.32. The van der Waals surface area contributed by atoms with Gasteiger partial charge in [-0.1, -0.05) is 37.3 Å². The number of carbonyl (C=O) groups excluding carboxylic acids is 1. The molecule has 0 radical (unpaired) electrons. The van der Waals surface area contributed by atoms with E-state index in [1.807, 2.05) is 18.2 Å². The third-order valence-electron chi connectivity index (χ3n) is 5.80. The molecule has 0 fully saturated rings. The average Bonchev–Trinajstić information content (AvgIpc) is 2.72. The summed E-state index contributed by atoms with van der Waals surface area (Å²) in [5.74, 6) is 1.52. The van der Waals surface area contributed by atoms with E-state index in [4.69, 9.17) is 9.47 Å². The van der Waals surface area contributed by atoms with Crippen LogP contribution in [0.25, 0.3) is 0 Å². The number of ether oxygens (including phenoxy) is 2. The number of nitrogens with one attached hydrogen (secondary N) is 1. The highest BCUT2D eigenvalue weighted by molar-refractivity contribution is 5.79. The lowest BCUT2D eigenvalue weighted by Crippen LogP contribution is -2.49. The van der Waals surface area contributed by atoms with Gasteiger partial charge in [-0.05, 0) is 55.5 Å². The zero-order valence-electron chi connectivity index (χ0n) is 18.1. The molecule has 1 amide bonds. The van der Waals surface area contributed by atoms with Crippen LogP contribution in [-0.4, -0.2) is 43.7 Å².